The van der Waals surface area contributed by atoms with Gasteiger partial charge < -0.3 is 25.2 Å². The van der Waals surface area contributed by atoms with Gasteiger partial charge in [-0.3, -0.25) is 4.79 Å². The lowest BCUT2D eigenvalue weighted by Crippen LogP contribution is -2.61. The van der Waals surface area contributed by atoms with E-state index < -0.39 is 21.6 Å². The third-order valence-corrected chi connectivity index (χ3v) is 9.21. The number of likely N-dealkylation sites (tertiary alicyclic amines) is 1. The molecule has 0 radical (unpaired) electrons. The van der Waals surface area contributed by atoms with Crippen molar-refractivity contribution < 1.29 is 18.5 Å². The molecule has 2 aliphatic rings. The first-order chi connectivity index (χ1) is 16.9. The van der Waals surface area contributed by atoms with E-state index in [0.29, 0.717) is 65.2 Å². The zero-order valence-electron chi connectivity index (χ0n) is 21.4. The highest BCUT2D eigenvalue weighted by Crippen LogP contribution is 2.32. The van der Waals surface area contributed by atoms with Crippen LogP contribution in [0.5, 0.6) is 5.75 Å². The lowest BCUT2D eigenvalue weighted by Gasteiger charge is -2.44. The van der Waals surface area contributed by atoms with E-state index in [4.69, 9.17) is 10.5 Å². The Hall–Kier alpha value is -2.33. The van der Waals surface area contributed by atoms with Gasteiger partial charge in [-0.15, -0.1) is 0 Å². The van der Waals surface area contributed by atoms with Crippen molar-refractivity contribution in [3.63, 3.8) is 0 Å². The first kappa shape index (κ1) is 27.3. The first-order valence-electron chi connectivity index (χ1n) is 12.8. The van der Waals surface area contributed by atoms with Crippen LogP contribution in [0.3, 0.4) is 0 Å². The molecule has 3 amide bonds. The smallest absolute Gasteiger partial charge is 0.319 e. The number of ether oxygens (including phenoxy) is 1. The predicted octanol–water partition coefficient (Wildman–Crippen LogP) is 2.43. The van der Waals surface area contributed by atoms with Gasteiger partial charge in [-0.25, -0.2) is 13.3 Å². The summed E-state index contributed by atoms with van der Waals surface area (Å²) < 4.78 is 20.1. The van der Waals surface area contributed by atoms with Crippen LogP contribution in [0.2, 0.25) is 0 Å². The molecule has 2 heterocycles. The third kappa shape index (κ3) is 6.27. The van der Waals surface area contributed by atoms with Gasteiger partial charge in [-0.1, -0.05) is 13.3 Å². The van der Waals surface area contributed by atoms with Crippen molar-refractivity contribution in [3.8, 4) is 5.75 Å². The Bertz CT molecular complexity index is 861. The standard InChI is InChI=1S/C25H41N5O4S/c1-4-7-20-34-22-10-8-21(9-11-22)28-16-18-30(19-17-28)35(33)25(23(26)31)12-14-29(15-13-25)24(32)27(5-2)6-3/h8-11H,4-7,12-20H2,1-3H3,(H2,26,31). The number of primary amides is 1. The molecule has 0 saturated carbocycles. The molecule has 2 N–H and O–H groups in total. The number of piperidine rings is 1. The normalized spacial score (nSPS) is 19.3. The number of urea groups is 1. The van der Waals surface area contributed by atoms with Crippen molar-refractivity contribution in [1.82, 2.24) is 14.1 Å². The number of hydrogen-bond acceptors (Lipinski definition) is 5. The molecule has 1 aromatic carbocycles. The summed E-state index contributed by atoms with van der Waals surface area (Å²) >= 11 is 0. The van der Waals surface area contributed by atoms with Crippen molar-refractivity contribution in [1.29, 1.82) is 0 Å². The number of anilines is 1. The second-order valence-electron chi connectivity index (χ2n) is 9.16. The van der Waals surface area contributed by atoms with E-state index in [9.17, 15) is 13.8 Å². The average Bonchev–Trinajstić information content (AvgIpc) is 2.89. The number of piperazine rings is 1. The number of unbranched alkanes of at least 4 members (excludes halogenated alkanes) is 1. The molecule has 0 bridgehead atoms. The quantitative estimate of drug-likeness (QED) is 0.491. The molecule has 1 unspecified atom stereocenters. The summed E-state index contributed by atoms with van der Waals surface area (Å²) in [4.78, 5) is 31.0. The summed E-state index contributed by atoms with van der Waals surface area (Å²) in [5.41, 5.74) is 6.93. The van der Waals surface area contributed by atoms with Crippen molar-refractivity contribution in [3.05, 3.63) is 24.3 Å². The molecule has 9 nitrogen and oxygen atoms in total. The Balaban J connectivity index is 1.57. The fourth-order valence-electron chi connectivity index (χ4n) is 4.71. The Morgan fingerprint density at radius 2 is 1.60 bits per heavy atom. The van der Waals surface area contributed by atoms with Gasteiger partial charge in [0.25, 0.3) is 0 Å². The largest absolute Gasteiger partial charge is 0.494 e. The number of nitrogens with two attached hydrogens (primary N) is 1. The molecule has 2 aliphatic heterocycles. The first-order valence-corrected chi connectivity index (χ1v) is 14.0. The van der Waals surface area contributed by atoms with Gasteiger partial charge in [0.1, 0.15) is 21.5 Å². The van der Waals surface area contributed by atoms with Crippen LogP contribution in [-0.2, 0) is 15.8 Å². The highest BCUT2D eigenvalue weighted by molar-refractivity contribution is 7.85. The minimum atomic E-state index is -1.54. The van der Waals surface area contributed by atoms with Crippen LogP contribution in [0.25, 0.3) is 0 Å². The van der Waals surface area contributed by atoms with Crippen molar-refractivity contribution in [2.45, 2.75) is 51.2 Å². The molecule has 35 heavy (non-hydrogen) atoms. The summed E-state index contributed by atoms with van der Waals surface area (Å²) in [5, 5.41) is 0. The summed E-state index contributed by atoms with van der Waals surface area (Å²) in [7, 11) is -1.54. The third-order valence-electron chi connectivity index (χ3n) is 7.10. The van der Waals surface area contributed by atoms with Crippen molar-refractivity contribution >= 4 is 28.6 Å². The Labute approximate surface area is 212 Å². The Kier molecular flexibility index (Phi) is 9.80. The molecule has 0 spiro atoms. The van der Waals surface area contributed by atoms with Crippen molar-refractivity contribution in [2.75, 3.05) is 63.9 Å². The second kappa shape index (κ2) is 12.6. The topological polar surface area (TPSA) is 99.4 Å². The molecular weight excluding hydrogens is 466 g/mol. The Morgan fingerprint density at radius 3 is 2.11 bits per heavy atom. The van der Waals surface area contributed by atoms with E-state index in [2.05, 4.69) is 24.0 Å². The van der Waals surface area contributed by atoms with Crippen LogP contribution >= 0.6 is 0 Å². The summed E-state index contributed by atoms with van der Waals surface area (Å²) in [6.07, 6.45) is 2.79. The molecule has 0 aromatic heterocycles. The van der Waals surface area contributed by atoms with Crippen LogP contribution < -0.4 is 15.4 Å². The number of rotatable bonds is 10. The van der Waals surface area contributed by atoms with Gasteiger partial charge >= 0.3 is 6.03 Å². The zero-order chi connectivity index (χ0) is 25.4. The lowest BCUT2D eigenvalue weighted by molar-refractivity contribution is -0.121. The van der Waals surface area contributed by atoms with Crippen molar-refractivity contribution in [2.24, 2.45) is 5.73 Å². The molecule has 1 aromatic rings. The van der Waals surface area contributed by atoms with Crippen LogP contribution in [-0.4, -0.2) is 94.0 Å². The molecule has 10 heteroatoms. The van der Waals surface area contributed by atoms with Crippen LogP contribution in [0.1, 0.15) is 46.5 Å². The highest BCUT2D eigenvalue weighted by Gasteiger charge is 2.49. The molecule has 3 rings (SSSR count). The fraction of sp³-hybridized carbons (Fsp3) is 0.680. The SMILES string of the molecule is CCCCOc1ccc(N2CCN(S(=O)C3(C(N)=O)CCN(C(=O)N(CC)CC)CC3)CC2)cc1. The maximum Gasteiger partial charge on any atom is 0.319 e. The summed E-state index contributed by atoms with van der Waals surface area (Å²) in [6.45, 7) is 11.4. The van der Waals surface area contributed by atoms with Gasteiger partial charge in [0.2, 0.25) is 5.91 Å². The van der Waals surface area contributed by atoms with Crippen LogP contribution in [0.4, 0.5) is 10.5 Å². The monoisotopic (exact) mass is 507 g/mol. The second-order valence-corrected chi connectivity index (χ2v) is 11.0. The van der Waals surface area contributed by atoms with Crippen LogP contribution in [0, 0.1) is 0 Å². The van der Waals surface area contributed by atoms with Gasteiger partial charge in [-0.05, 0) is 57.4 Å². The summed E-state index contributed by atoms with van der Waals surface area (Å²) in [5.74, 6) is 0.336. The van der Waals surface area contributed by atoms with E-state index in [1.807, 2.05) is 30.3 Å². The van der Waals surface area contributed by atoms with Gasteiger partial charge in [0.15, 0.2) is 0 Å². The average molecular weight is 508 g/mol. The number of nitrogens with zero attached hydrogens (tertiary/aromatic N) is 4. The molecule has 1 atom stereocenters. The number of amides is 3. The number of hydrogen-bond donors (Lipinski definition) is 1. The number of carbonyl (C=O) groups excluding carboxylic acids is 2. The summed E-state index contributed by atoms with van der Waals surface area (Å²) in [6, 6.07) is 8.06. The minimum Gasteiger partial charge on any atom is -0.494 e. The Morgan fingerprint density at radius 1 is 1.00 bits per heavy atom. The van der Waals surface area contributed by atoms with E-state index in [-0.39, 0.29) is 6.03 Å². The zero-order valence-corrected chi connectivity index (χ0v) is 22.2. The maximum absolute atomic E-state index is 13.6. The van der Waals surface area contributed by atoms with Crippen LogP contribution in [0.15, 0.2) is 24.3 Å². The molecular formula is C25H41N5O4S. The van der Waals surface area contributed by atoms with Gasteiger partial charge in [-0.2, -0.15) is 0 Å². The predicted molar refractivity (Wildman–Crippen MR) is 140 cm³/mol. The van der Waals surface area contributed by atoms with E-state index in [1.165, 1.54) is 0 Å². The molecule has 196 valence electrons. The van der Waals surface area contributed by atoms with E-state index in [0.717, 1.165) is 30.9 Å². The minimum absolute atomic E-state index is 0.0331. The highest BCUT2D eigenvalue weighted by atomic mass is 32.2. The molecule has 0 aliphatic carbocycles. The van der Waals surface area contributed by atoms with Gasteiger partial charge in [0.05, 0.1) is 6.61 Å². The fourth-order valence-corrected chi connectivity index (χ4v) is 6.40. The maximum atomic E-state index is 13.6. The number of benzene rings is 1. The molecule has 2 saturated heterocycles. The lowest BCUT2D eigenvalue weighted by atomic mass is 9.95. The number of carbonyl (C=O) groups is 2. The van der Waals surface area contributed by atoms with Gasteiger partial charge in [0, 0.05) is 58.0 Å². The molecule has 2 fully saturated rings. The van der Waals surface area contributed by atoms with E-state index in [1.54, 1.807) is 9.80 Å². The van der Waals surface area contributed by atoms with E-state index >= 15 is 0 Å².